The third-order valence-electron chi connectivity index (χ3n) is 4.87. The van der Waals surface area contributed by atoms with Gasteiger partial charge in [0.1, 0.15) is 23.1 Å². The van der Waals surface area contributed by atoms with E-state index >= 15 is 0 Å². The van der Waals surface area contributed by atoms with E-state index in [0.29, 0.717) is 16.0 Å². The van der Waals surface area contributed by atoms with Gasteiger partial charge in [-0.15, -0.1) is 11.3 Å². The lowest BCUT2D eigenvalue weighted by atomic mass is 10.0. The number of carbonyl (C=O) groups is 3. The number of ether oxygens (including phenoxy) is 2. The van der Waals surface area contributed by atoms with Gasteiger partial charge in [0.25, 0.3) is 5.91 Å². The molecule has 1 aromatic heterocycles. The van der Waals surface area contributed by atoms with Gasteiger partial charge in [-0.2, -0.15) is 0 Å². The van der Waals surface area contributed by atoms with Crippen LogP contribution in [-0.4, -0.2) is 30.0 Å². The number of imide groups is 1. The minimum Gasteiger partial charge on any atom is -0.493 e. The molecule has 0 saturated heterocycles. The Kier molecular flexibility index (Phi) is 5.62. The van der Waals surface area contributed by atoms with Gasteiger partial charge in [0, 0.05) is 11.6 Å². The Hall–Kier alpha value is -3.79. The molecule has 0 unspecified atom stereocenters. The van der Waals surface area contributed by atoms with Crippen LogP contribution >= 0.6 is 11.3 Å². The van der Waals surface area contributed by atoms with Crippen molar-refractivity contribution in [2.75, 3.05) is 12.0 Å². The smallest absolute Gasteiger partial charge is 0.346 e. The molecule has 0 spiro atoms. The van der Waals surface area contributed by atoms with E-state index in [0.717, 1.165) is 23.5 Å². The first kappa shape index (κ1) is 21.4. The number of nitrogens with zero attached hydrogens (tertiary/aromatic N) is 1. The molecule has 0 bridgehead atoms. The van der Waals surface area contributed by atoms with Crippen LogP contribution in [-0.2, 0) is 17.8 Å². The summed E-state index contributed by atoms with van der Waals surface area (Å²) in [6, 6.07) is 7.79. The van der Waals surface area contributed by atoms with Gasteiger partial charge in [-0.25, -0.2) is 18.5 Å². The van der Waals surface area contributed by atoms with Crippen LogP contribution in [0.2, 0.25) is 0 Å². The Bertz CT molecular complexity index is 1260. The van der Waals surface area contributed by atoms with Crippen molar-refractivity contribution < 1.29 is 37.7 Å². The summed E-state index contributed by atoms with van der Waals surface area (Å²) in [6.07, 6.45) is -0.240. The van der Waals surface area contributed by atoms with Gasteiger partial charge in [0.05, 0.1) is 24.8 Å². The zero-order chi connectivity index (χ0) is 23.0. The molecule has 10 heteroatoms. The monoisotopic (exact) mass is 459 g/mol. The number of methoxy groups -OCH3 is 1. The van der Waals surface area contributed by atoms with E-state index in [9.17, 15) is 28.3 Å². The number of carbonyl (C=O) groups excluding carboxylic acids is 2. The van der Waals surface area contributed by atoms with Gasteiger partial charge in [-0.3, -0.25) is 9.59 Å². The van der Waals surface area contributed by atoms with E-state index in [1.807, 2.05) is 0 Å². The van der Waals surface area contributed by atoms with Crippen molar-refractivity contribution in [2.24, 2.45) is 0 Å². The zero-order valence-electron chi connectivity index (χ0n) is 16.6. The molecule has 0 atom stereocenters. The van der Waals surface area contributed by atoms with Crippen LogP contribution in [0.25, 0.3) is 0 Å². The van der Waals surface area contributed by atoms with Crippen molar-refractivity contribution >= 4 is 34.8 Å². The molecule has 2 amide bonds. The predicted molar refractivity (Wildman–Crippen MR) is 110 cm³/mol. The molecule has 1 N–H and O–H groups in total. The first-order chi connectivity index (χ1) is 15.3. The number of benzene rings is 2. The average Bonchev–Trinajstić information content (AvgIpc) is 3.18. The third-order valence-corrected chi connectivity index (χ3v) is 5.89. The van der Waals surface area contributed by atoms with Crippen LogP contribution in [0.1, 0.15) is 31.2 Å². The molecule has 7 nitrogen and oxygen atoms in total. The first-order valence-electron chi connectivity index (χ1n) is 9.26. The van der Waals surface area contributed by atoms with Crippen LogP contribution in [0.15, 0.2) is 41.8 Å². The van der Waals surface area contributed by atoms with E-state index < -0.39 is 29.4 Å². The minimum atomic E-state index is -1.31. The lowest BCUT2D eigenvalue weighted by Gasteiger charge is -2.26. The SMILES string of the molecule is COc1c(F)cccc1COc1ccc(F)c(N2C(=O)Cc3csc(C(=O)O)c3C2=O)c1. The highest BCUT2D eigenvalue weighted by Crippen LogP contribution is 2.34. The molecular formula is C22H15F2NO6S. The molecule has 2 heterocycles. The topological polar surface area (TPSA) is 93.1 Å². The zero-order valence-corrected chi connectivity index (χ0v) is 17.4. The van der Waals surface area contributed by atoms with Crippen molar-refractivity contribution in [3.8, 4) is 11.5 Å². The maximum Gasteiger partial charge on any atom is 0.346 e. The lowest BCUT2D eigenvalue weighted by molar-refractivity contribution is -0.117. The highest BCUT2D eigenvalue weighted by molar-refractivity contribution is 7.12. The van der Waals surface area contributed by atoms with Crippen LogP contribution in [0.3, 0.4) is 0 Å². The molecule has 1 aliphatic heterocycles. The number of amides is 2. The summed E-state index contributed by atoms with van der Waals surface area (Å²) < 4.78 is 39.1. The summed E-state index contributed by atoms with van der Waals surface area (Å²) in [6.45, 7) is -0.119. The van der Waals surface area contributed by atoms with E-state index in [1.54, 1.807) is 6.07 Å². The Morgan fingerprint density at radius 3 is 2.69 bits per heavy atom. The van der Waals surface area contributed by atoms with E-state index in [1.165, 1.54) is 30.7 Å². The van der Waals surface area contributed by atoms with Gasteiger partial charge >= 0.3 is 5.97 Å². The summed E-state index contributed by atoms with van der Waals surface area (Å²) in [4.78, 5) is 37.4. The molecule has 4 rings (SSSR count). The second-order valence-corrected chi connectivity index (χ2v) is 7.70. The fraction of sp³-hybridized carbons (Fsp3) is 0.136. The lowest BCUT2D eigenvalue weighted by Crippen LogP contribution is -2.43. The number of hydrogen-bond acceptors (Lipinski definition) is 6. The van der Waals surface area contributed by atoms with Gasteiger partial charge in [-0.05, 0) is 29.1 Å². The standard InChI is InChI=1S/C22H15F2NO6S/c1-30-19-11(3-2-4-15(19)24)9-31-13-5-6-14(23)16(8-13)25-17(26)7-12-10-32-20(22(28)29)18(12)21(25)27/h2-6,8,10H,7,9H2,1H3,(H,28,29). The van der Waals surface area contributed by atoms with Crippen LogP contribution in [0.4, 0.5) is 14.5 Å². The van der Waals surface area contributed by atoms with Gasteiger partial charge in [-0.1, -0.05) is 12.1 Å². The van der Waals surface area contributed by atoms with Gasteiger partial charge in [0.15, 0.2) is 11.6 Å². The number of rotatable bonds is 6. The number of aromatic carboxylic acids is 1. The molecule has 3 aromatic rings. The van der Waals surface area contributed by atoms with Crippen molar-refractivity contribution in [3.05, 3.63) is 75.0 Å². The Morgan fingerprint density at radius 1 is 1.19 bits per heavy atom. The van der Waals surface area contributed by atoms with Gasteiger partial charge in [0.2, 0.25) is 5.91 Å². The average molecular weight is 459 g/mol. The molecule has 1 aliphatic rings. The summed E-state index contributed by atoms with van der Waals surface area (Å²) in [7, 11) is 1.32. The minimum absolute atomic E-state index is 0.00223. The fourth-order valence-electron chi connectivity index (χ4n) is 3.44. The number of anilines is 1. The quantitative estimate of drug-likeness (QED) is 0.560. The number of fused-ring (bicyclic) bond motifs is 1. The van der Waals surface area contributed by atoms with E-state index in [2.05, 4.69) is 0 Å². The summed E-state index contributed by atoms with van der Waals surface area (Å²) >= 11 is 0.834. The van der Waals surface area contributed by atoms with Crippen LogP contribution in [0, 0.1) is 11.6 Å². The largest absolute Gasteiger partial charge is 0.493 e. The van der Waals surface area contributed by atoms with E-state index in [4.69, 9.17) is 9.47 Å². The van der Waals surface area contributed by atoms with Crippen LogP contribution in [0.5, 0.6) is 11.5 Å². The number of thiophene rings is 1. The molecule has 0 radical (unpaired) electrons. The van der Waals surface area contributed by atoms with Crippen molar-refractivity contribution in [3.63, 3.8) is 0 Å². The molecule has 0 saturated carbocycles. The molecule has 0 aliphatic carbocycles. The summed E-state index contributed by atoms with van der Waals surface area (Å²) in [5.74, 6) is -4.24. The van der Waals surface area contributed by atoms with Crippen molar-refractivity contribution in [2.45, 2.75) is 13.0 Å². The second kappa shape index (κ2) is 8.39. The number of carboxylic acid groups (broad SMARTS) is 1. The Balaban J connectivity index is 1.65. The number of para-hydroxylation sites is 1. The number of carboxylic acids is 1. The molecule has 164 valence electrons. The van der Waals surface area contributed by atoms with Crippen molar-refractivity contribution in [1.29, 1.82) is 0 Å². The van der Waals surface area contributed by atoms with Crippen molar-refractivity contribution in [1.82, 2.24) is 0 Å². The molecule has 32 heavy (non-hydrogen) atoms. The van der Waals surface area contributed by atoms with E-state index in [-0.39, 0.29) is 40.7 Å². The molecular weight excluding hydrogens is 444 g/mol. The fourth-order valence-corrected chi connectivity index (χ4v) is 4.34. The predicted octanol–water partition coefficient (Wildman–Crippen LogP) is 4.04. The maximum atomic E-state index is 14.6. The summed E-state index contributed by atoms with van der Waals surface area (Å²) in [5, 5.41) is 10.8. The Morgan fingerprint density at radius 2 is 1.97 bits per heavy atom. The molecule has 0 fully saturated rings. The molecule has 2 aromatic carbocycles. The first-order valence-corrected chi connectivity index (χ1v) is 10.1. The highest BCUT2D eigenvalue weighted by Gasteiger charge is 2.38. The second-order valence-electron chi connectivity index (χ2n) is 6.82. The van der Waals surface area contributed by atoms with Gasteiger partial charge < -0.3 is 14.6 Å². The third kappa shape index (κ3) is 3.69. The number of halogens is 2. The number of hydrogen-bond donors (Lipinski definition) is 1. The Labute approximate surface area is 184 Å². The normalized spacial score (nSPS) is 13.2. The highest BCUT2D eigenvalue weighted by atomic mass is 32.1. The maximum absolute atomic E-state index is 14.6. The van der Waals surface area contributed by atoms with Crippen LogP contribution < -0.4 is 14.4 Å². The summed E-state index contributed by atoms with van der Waals surface area (Å²) in [5.41, 5.74) is 0.205.